The lowest BCUT2D eigenvalue weighted by Crippen LogP contribution is -2.09. The fraction of sp³-hybridized carbons (Fsp3) is 0.500. The summed E-state index contributed by atoms with van der Waals surface area (Å²) in [5, 5.41) is 2.87. The van der Waals surface area contributed by atoms with Crippen LogP contribution in [0, 0.1) is 0 Å². The van der Waals surface area contributed by atoms with Gasteiger partial charge in [-0.05, 0) is 18.6 Å². The van der Waals surface area contributed by atoms with Gasteiger partial charge in [0.05, 0.1) is 5.56 Å². The van der Waals surface area contributed by atoms with E-state index < -0.39 is 22.5 Å². The molecule has 0 bridgehead atoms. The van der Waals surface area contributed by atoms with Crippen LogP contribution in [-0.4, -0.2) is 27.7 Å². The van der Waals surface area contributed by atoms with Crippen molar-refractivity contribution in [2.24, 2.45) is 0 Å². The summed E-state index contributed by atoms with van der Waals surface area (Å²) in [6, 6.07) is 2.26. The first kappa shape index (κ1) is 14.0. The second kappa shape index (κ2) is 6.00. The molecule has 0 saturated carbocycles. The molecule has 1 aromatic heterocycles. The molecule has 17 heavy (non-hydrogen) atoms. The Morgan fingerprint density at radius 1 is 1.41 bits per heavy atom. The predicted molar refractivity (Wildman–Crippen MR) is 61.3 cm³/mol. The van der Waals surface area contributed by atoms with Gasteiger partial charge < -0.3 is 5.32 Å². The van der Waals surface area contributed by atoms with Crippen molar-refractivity contribution in [1.29, 1.82) is 0 Å². The average molecular weight is 266 g/mol. The van der Waals surface area contributed by atoms with Gasteiger partial charge in [0, 0.05) is 35.5 Å². The zero-order valence-electron chi connectivity index (χ0n) is 9.25. The highest BCUT2D eigenvalue weighted by molar-refractivity contribution is 7.84. The molecular weight excluding hydrogens is 253 g/mol. The van der Waals surface area contributed by atoms with Crippen LogP contribution in [0.25, 0.3) is 0 Å². The summed E-state index contributed by atoms with van der Waals surface area (Å²) >= 11 is 0. The van der Waals surface area contributed by atoms with Crippen molar-refractivity contribution >= 4 is 16.6 Å². The highest BCUT2D eigenvalue weighted by Gasteiger charge is 2.30. The van der Waals surface area contributed by atoms with Gasteiger partial charge in [0.15, 0.2) is 0 Å². The van der Waals surface area contributed by atoms with Gasteiger partial charge in [-0.25, -0.2) is 4.98 Å². The van der Waals surface area contributed by atoms with Crippen LogP contribution in [0.4, 0.5) is 19.0 Å². The number of halogens is 3. The largest absolute Gasteiger partial charge is 0.417 e. The van der Waals surface area contributed by atoms with E-state index in [-0.39, 0.29) is 0 Å². The third-order valence-electron chi connectivity index (χ3n) is 2.01. The number of nitrogens with one attached hydrogen (secondary N) is 1. The third kappa shape index (κ3) is 5.16. The Hall–Kier alpha value is -1.11. The van der Waals surface area contributed by atoms with Crippen molar-refractivity contribution in [1.82, 2.24) is 4.98 Å². The summed E-state index contributed by atoms with van der Waals surface area (Å²) in [6.45, 7) is 0.540. The molecule has 3 nitrogen and oxygen atoms in total. The van der Waals surface area contributed by atoms with E-state index in [0.717, 1.165) is 12.3 Å². The lowest BCUT2D eigenvalue weighted by atomic mass is 10.3. The second-order valence-corrected chi connectivity index (χ2v) is 5.04. The maximum Gasteiger partial charge on any atom is 0.417 e. The van der Waals surface area contributed by atoms with Gasteiger partial charge in [-0.15, -0.1) is 0 Å². The summed E-state index contributed by atoms with van der Waals surface area (Å²) in [4.78, 5) is 3.65. The molecule has 0 saturated heterocycles. The standard InChI is InChI=1S/C10H13F3N2OS/c1-17(16)6-2-5-14-9-4-3-8(7-15-9)10(11,12)13/h3-4,7H,2,5-6H2,1H3,(H,14,15). The number of hydrogen-bond donors (Lipinski definition) is 1. The van der Waals surface area contributed by atoms with Gasteiger partial charge >= 0.3 is 6.18 Å². The van der Waals surface area contributed by atoms with Crippen molar-refractivity contribution < 1.29 is 17.4 Å². The molecule has 7 heteroatoms. The molecule has 96 valence electrons. The molecule has 0 aliphatic carbocycles. The van der Waals surface area contributed by atoms with E-state index in [1.165, 1.54) is 6.07 Å². The van der Waals surface area contributed by atoms with Crippen LogP contribution in [0.1, 0.15) is 12.0 Å². The Bertz CT molecular complexity index is 378. The van der Waals surface area contributed by atoms with Gasteiger partial charge in [0.25, 0.3) is 0 Å². The molecule has 1 aromatic rings. The highest BCUT2D eigenvalue weighted by atomic mass is 32.2. The summed E-state index contributed by atoms with van der Waals surface area (Å²) < 4.78 is 47.4. The normalized spacial score (nSPS) is 13.4. The lowest BCUT2D eigenvalue weighted by molar-refractivity contribution is -0.137. The molecule has 0 radical (unpaired) electrons. The first-order valence-corrected chi connectivity index (χ1v) is 6.69. The van der Waals surface area contributed by atoms with Crippen LogP contribution < -0.4 is 5.32 Å². The molecule has 0 spiro atoms. The number of rotatable bonds is 5. The Morgan fingerprint density at radius 2 is 2.12 bits per heavy atom. The van der Waals surface area contributed by atoms with Crippen molar-refractivity contribution in [3.05, 3.63) is 23.9 Å². The quantitative estimate of drug-likeness (QED) is 0.831. The minimum absolute atomic E-state index is 0.389. The minimum atomic E-state index is -4.36. The number of nitrogens with zero attached hydrogens (tertiary/aromatic N) is 1. The molecule has 0 fully saturated rings. The van der Waals surface area contributed by atoms with Crippen molar-refractivity contribution in [3.8, 4) is 0 Å². The van der Waals surface area contributed by atoms with Gasteiger partial charge in [-0.2, -0.15) is 13.2 Å². The number of pyridine rings is 1. The monoisotopic (exact) mass is 266 g/mol. The smallest absolute Gasteiger partial charge is 0.370 e. The van der Waals surface area contributed by atoms with E-state index >= 15 is 0 Å². The summed E-state index contributed by atoms with van der Waals surface area (Å²) in [5.74, 6) is 0.952. The predicted octanol–water partition coefficient (Wildman–Crippen LogP) is 2.28. The van der Waals surface area contributed by atoms with Gasteiger partial charge in [0.2, 0.25) is 0 Å². The first-order chi connectivity index (χ1) is 7.89. The zero-order chi connectivity index (χ0) is 12.9. The molecule has 1 heterocycles. The molecule has 1 atom stereocenters. The Morgan fingerprint density at radius 3 is 2.59 bits per heavy atom. The number of aromatic nitrogens is 1. The maximum absolute atomic E-state index is 12.2. The van der Waals surface area contributed by atoms with Crippen LogP contribution in [0.5, 0.6) is 0 Å². The summed E-state index contributed by atoms with van der Waals surface area (Å²) in [5.41, 5.74) is -0.766. The SMILES string of the molecule is CS(=O)CCCNc1ccc(C(F)(F)F)cn1. The van der Waals surface area contributed by atoms with Crippen LogP contribution in [0.15, 0.2) is 18.3 Å². The van der Waals surface area contributed by atoms with Gasteiger partial charge in [-0.3, -0.25) is 4.21 Å². The first-order valence-electron chi connectivity index (χ1n) is 4.97. The topological polar surface area (TPSA) is 42.0 Å². The lowest BCUT2D eigenvalue weighted by Gasteiger charge is -2.08. The fourth-order valence-corrected chi connectivity index (χ4v) is 1.71. The van der Waals surface area contributed by atoms with Crippen LogP contribution in [0.2, 0.25) is 0 Å². The summed E-state index contributed by atoms with van der Waals surface area (Å²) in [7, 11) is -0.848. The van der Waals surface area contributed by atoms with Crippen molar-refractivity contribution in [3.63, 3.8) is 0 Å². The van der Waals surface area contributed by atoms with E-state index in [1.54, 1.807) is 6.26 Å². The number of alkyl halides is 3. The zero-order valence-corrected chi connectivity index (χ0v) is 10.1. The molecular formula is C10H13F3N2OS. The van der Waals surface area contributed by atoms with Crippen LogP contribution in [-0.2, 0) is 17.0 Å². The molecule has 0 amide bonds. The van der Waals surface area contributed by atoms with E-state index in [4.69, 9.17) is 0 Å². The Balaban J connectivity index is 2.43. The van der Waals surface area contributed by atoms with E-state index in [9.17, 15) is 17.4 Å². The van der Waals surface area contributed by atoms with E-state index in [1.807, 2.05) is 0 Å². The van der Waals surface area contributed by atoms with E-state index in [2.05, 4.69) is 10.3 Å². The fourth-order valence-electron chi connectivity index (χ4n) is 1.16. The van der Waals surface area contributed by atoms with Gasteiger partial charge in [-0.1, -0.05) is 0 Å². The van der Waals surface area contributed by atoms with E-state index in [0.29, 0.717) is 24.5 Å². The summed E-state index contributed by atoms with van der Waals surface area (Å²) in [6.07, 6.45) is -1.27. The average Bonchev–Trinajstić information content (AvgIpc) is 2.23. The molecule has 0 aliphatic rings. The second-order valence-electron chi connectivity index (χ2n) is 3.49. The maximum atomic E-state index is 12.2. The molecule has 0 aliphatic heterocycles. The third-order valence-corrected chi connectivity index (χ3v) is 2.87. The number of hydrogen-bond acceptors (Lipinski definition) is 3. The highest BCUT2D eigenvalue weighted by Crippen LogP contribution is 2.28. The number of anilines is 1. The Kier molecular flexibility index (Phi) is 4.92. The van der Waals surface area contributed by atoms with Crippen LogP contribution >= 0.6 is 0 Å². The van der Waals surface area contributed by atoms with Crippen molar-refractivity contribution in [2.75, 3.05) is 23.9 Å². The minimum Gasteiger partial charge on any atom is -0.370 e. The van der Waals surface area contributed by atoms with Crippen molar-refractivity contribution in [2.45, 2.75) is 12.6 Å². The Labute approximate surface area is 99.9 Å². The van der Waals surface area contributed by atoms with Crippen LogP contribution in [0.3, 0.4) is 0 Å². The molecule has 1 unspecified atom stereocenters. The molecule has 1 rings (SSSR count). The van der Waals surface area contributed by atoms with Gasteiger partial charge in [0.1, 0.15) is 5.82 Å². The molecule has 1 N–H and O–H groups in total. The molecule has 0 aromatic carbocycles.